The first kappa shape index (κ1) is 13.9. The summed E-state index contributed by atoms with van der Waals surface area (Å²) in [5.41, 5.74) is 2.48. The molecule has 2 aliphatic carbocycles. The third-order valence-corrected chi connectivity index (χ3v) is 4.32. The molecule has 3 rings (SSSR count). The summed E-state index contributed by atoms with van der Waals surface area (Å²) in [6.07, 6.45) is 6.35. The summed E-state index contributed by atoms with van der Waals surface area (Å²) in [5, 5.41) is 13.6. The van der Waals surface area contributed by atoms with E-state index in [0.717, 1.165) is 38.0 Å². The largest absolute Gasteiger partial charge is 0.487 e. The SMILES string of the molecule is Cc1ccc(OC2CCCCC2O)c(CNC2CC2)c1. The Hall–Kier alpha value is -1.06. The van der Waals surface area contributed by atoms with E-state index in [1.807, 2.05) is 0 Å². The van der Waals surface area contributed by atoms with Gasteiger partial charge in [-0.05, 0) is 45.1 Å². The normalized spacial score (nSPS) is 26.5. The van der Waals surface area contributed by atoms with Crippen molar-refractivity contribution in [2.45, 2.75) is 70.2 Å². The van der Waals surface area contributed by atoms with E-state index in [1.165, 1.54) is 24.0 Å². The van der Waals surface area contributed by atoms with Crippen LogP contribution in [0, 0.1) is 6.92 Å². The van der Waals surface area contributed by atoms with Gasteiger partial charge in [-0.25, -0.2) is 0 Å². The molecule has 2 fully saturated rings. The predicted molar refractivity (Wildman–Crippen MR) is 79.9 cm³/mol. The van der Waals surface area contributed by atoms with Gasteiger partial charge in [-0.3, -0.25) is 0 Å². The summed E-state index contributed by atoms with van der Waals surface area (Å²) >= 11 is 0. The van der Waals surface area contributed by atoms with E-state index in [2.05, 4.69) is 30.4 Å². The minimum atomic E-state index is -0.311. The number of aryl methyl sites for hydroxylation is 1. The van der Waals surface area contributed by atoms with E-state index in [4.69, 9.17) is 4.74 Å². The number of nitrogens with one attached hydrogen (secondary N) is 1. The van der Waals surface area contributed by atoms with Gasteiger partial charge >= 0.3 is 0 Å². The Bertz CT molecular complexity index is 456. The van der Waals surface area contributed by atoms with Crippen molar-refractivity contribution in [1.29, 1.82) is 0 Å². The first-order valence-electron chi connectivity index (χ1n) is 7.90. The minimum absolute atomic E-state index is 0.0360. The van der Waals surface area contributed by atoms with Crippen molar-refractivity contribution in [3.63, 3.8) is 0 Å². The van der Waals surface area contributed by atoms with E-state index in [0.29, 0.717) is 6.04 Å². The van der Waals surface area contributed by atoms with E-state index in [9.17, 15) is 5.11 Å². The first-order chi connectivity index (χ1) is 9.72. The van der Waals surface area contributed by atoms with Crippen molar-refractivity contribution in [2.75, 3.05) is 0 Å². The van der Waals surface area contributed by atoms with Crippen LogP contribution in [-0.2, 0) is 6.54 Å². The van der Waals surface area contributed by atoms with Gasteiger partial charge in [0.2, 0.25) is 0 Å². The highest BCUT2D eigenvalue weighted by atomic mass is 16.5. The van der Waals surface area contributed by atoms with Gasteiger partial charge in [-0.2, -0.15) is 0 Å². The summed E-state index contributed by atoms with van der Waals surface area (Å²) in [5.74, 6) is 0.940. The molecule has 2 N–H and O–H groups in total. The minimum Gasteiger partial charge on any atom is -0.487 e. The average molecular weight is 275 g/mol. The van der Waals surface area contributed by atoms with Gasteiger partial charge in [0.1, 0.15) is 11.9 Å². The fourth-order valence-corrected chi connectivity index (χ4v) is 2.88. The van der Waals surface area contributed by atoms with Crippen LogP contribution in [0.1, 0.15) is 49.7 Å². The lowest BCUT2D eigenvalue weighted by atomic mass is 9.94. The molecule has 2 unspecified atom stereocenters. The molecule has 0 spiro atoms. The Kier molecular flexibility index (Phi) is 4.27. The molecule has 2 saturated carbocycles. The van der Waals surface area contributed by atoms with Crippen LogP contribution in [0.3, 0.4) is 0 Å². The van der Waals surface area contributed by atoms with E-state index in [1.54, 1.807) is 0 Å². The zero-order chi connectivity index (χ0) is 13.9. The number of hydrogen-bond donors (Lipinski definition) is 2. The highest BCUT2D eigenvalue weighted by molar-refractivity contribution is 5.37. The number of aliphatic hydroxyl groups is 1. The van der Waals surface area contributed by atoms with Crippen molar-refractivity contribution in [3.8, 4) is 5.75 Å². The third kappa shape index (κ3) is 3.53. The van der Waals surface area contributed by atoms with Gasteiger partial charge in [-0.15, -0.1) is 0 Å². The molecule has 0 radical (unpaired) electrons. The number of hydrogen-bond acceptors (Lipinski definition) is 3. The molecular weight excluding hydrogens is 250 g/mol. The molecule has 0 bridgehead atoms. The van der Waals surface area contributed by atoms with Crippen molar-refractivity contribution in [3.05, 3.63) is 29.3 Å². The number of aliphatic hydroxyl groups excluding tert-OH is 1. The van der Waals surface area contributed by atoms with Crippen LogP contribution < -0.4 is 10.1 Å². The summed E-state index contributed by atoms with van der Waals surface area (Å²) in [7, 11) is 0. The molecule has 2 aliphatic rings. The molecule has 20 heavy (non-hydrogen) atoms. The second-order valence-corrected chi connectivity index (χ2v) is 6.27. The van der Waals surface area contributed by atoms with Crippen LogP contribution in [0.25, 0.3) is 0 Å². The Morgan fingerprint density at radius 2 is 2.00 bits per heavy atom. The molecule has 1 aromatic rings. The Balaban J connectivity index is 1.69. The quantitative estimate of drug-likeness (QED) is 0.868. The van der Waals surface area contributed by atoms with Crippen molar-refractivity contribution in [1.82, 2.24) is 5.32 Å². The summed E-state index contributed by atoms with van der Waals surface area (Å²) in [4.78, 5) is 0. The van der Waals surface area contributed by atoms with Crippen LogP contribution in [0.2, 0.25) is 0 Å². The topological polar surface area (TPSA) is 41.5 Å². The summed E-state index contributed by atoms with van der Waals surface area (Å²) in [6, 6.07) is 7.04. The molecule has 0 heterocycles. The van der Waals surface area contributed by atoms with E-state index >= 15 is 0 Å². The van der Waals surface area contributed by atoms with Gasteiger partial charge < -0.3 is 15.2 Å². The van der Waals surface area contributed by atoms with Crippen molar-refractivity contribution >= 4 is 0 Å². The Morgan fingerprint density at radius 1 is 1.20 bits per heavy atom. The second kappa shape index (κ2) is 6.15. The van der Waals surface area contributed by atoms with Gasteiger partial charge in [0, 0.05) is 18.2 Å². The van der Waals surface area contributed by atoms with Gasteiger partial charge in [0.15, 0.2) is 0 Å². The molecule has 0 aliphatic heterocycles. The molecular formula is C17H25NO2. The number of benzene rings is 1. The molecule has 110 valence electrons. The molecule has 0 aromatic heterocycles. The maximum absolute atomic E-state index is 10.1. The first-order valence-corrected chi connectivity index (χ1v) is 7.90. The van der Waals surface area contributed by atoms with E-state index in [-0.39, 0.29) is 12.2 Å². The third-order valence-electron chi connectivity index (χ3n) is 4.32. The maximum atomic E-state index is 10.1. The van der Waals surface area contributed by atoms with Crippen LogP contribution in [-0.4, -0.2) is 23.4 Å². The fraction of sp³-hybridized carbons (Fsp3) is 0.647. The number of rotatable bonds is 5. The molecule has 3 nitrogen and oxygen atoms in total. The van der Waals surface area contributed by atoms with Crippen molar-refractivity contribution in [2.24, 2.45) is 0 Å². The lowest BCUT2D eigenvalue weighted by Gasteiger charge is -2.29. The van der Waals surface area contributed by atoms with Crippen LogP contribution in [0.5, 0.6) is 5.75 Å². The Morgan fingerprint density at radius 3 is 2.75 bits per heavy atom. The highest BCUT2D eigenvalue weighted by Gasteiger charge is 2.26. The summed E-state index contributed by atoms with van der Waals surface area (Å²) in [6.45, 7) is 2.98. The molecule has 3 heteroatoms. The Labute approximate surface area is 121 Å². The second-order valence-electron chi connectivity index (χ2n) is 6.27. The molecule has 0 saturated heterocycles. The number of ether oxygens (including phenoxy) is 1. The van der Waals surface area contributed by atoms with Crippen LogP contribution >= 0.6 is 0 Å². The maximum Gasteiger partial charge on any atom is 0.124 e. The lowest BCUT2D eigenvalue weighted by Crippen LogP contribution is -2.35. The smallest absolute Gasteiger partial charge is 0.124 e. The predicted octanol–water partition coefficient (Wildman–Crippen LogP) is 2.93. The highest BCUT2D eigenvalue weighted by Crippen LogP contribution is 2.28. The average Bonchev–Trinajstić information content (AvgIpc) is 3.25. The monoisotopic (exact) mass is 275 g/mol. The molecule has 0 amide bonds. The zero-order valence-corrected chi connectivity index (χ0v) is 12.3. The van der Waals surface area contributed by atoms with Gasteiger partial charge in [-0.1, -0.05) is 24.1 Å². The summed E-state index contributed by atoms with van der Waals surface area (Å²) < 4.78 is 6.12. The molecule has 1 aromatic carbocycles. The van der Waals surface area contributed by atoms with Crippen molar-refractivity contribution < 1.29 is 9.84 Å². The van der Waals surface area contributed by atoms with Gasteiger partial charge in [0.05, 0.1) is 6.10 Å². The van der Waals surface area contributed by atoms with Gasteiger partial charge in [0.25, 0.3) is 0 Å². The lowest BCUT2D eigenvalue weighted by molar-refractivity contribution is 0.00635. The zero-order valence-electron chi connectivity index (χ0n) is 12.3. The van der Waals surface area contributed by atoms with E-state index < -0.39 is 0 Å². The molecule has 2 atom stereocenters. The van der Waals surface area contributed by atoms with Crippen LogP contribution in [0.15, 0.2) is 18.2 Å². The standard InChI is InChI=1S/C17H25NO2/c1-12-6-9-16(13(10-12)11-18-14-7-8-14)20-17-5-3-2-4-15(17)19/h6,9-10,14-15,17-19H,2-5,7-8,11H2,1H3. The fourth-order valence-electron chi connectivity index (χ4n) is 2.88. The van der Waals surface area contributed by atoms with Crippen LogP contribution in [0.4, 0.5) is 0 Å².